The number of carbonyl (C=O) groups excluding carboxylic acids is 10. The SMILES string of the molecule is CC(=O)c1ccc2[nH]c(C(=O)N[C@H]3CC[C@@H](O)C[C@H]4CC[C@@H](C(=O)N[C@@H](CCC(N)=O)C(=O)C[C@H](C(=O)N5CCC(CCC#Cc6cccc7c6CN(C6CCC(=O)NC6=O)C7=O)CC5)C5CCCCC5)N4C3=O)cc2c1. The molecule has 1 aromatic heterocycles. The first-order valence-corrected chi connectivity index (χ1v) is 27.6. The number of Topliss-reactive ketones (excluding diaryl/α,β-unsaturated/α-hetero) is 2. The van der Waals surface area contributed by atoms with Crippen LogP contribution in [-0.2, 0) is 40.1 Å². The number of primary amides is 1. The number of hydrogen-bond acceptors (Lipinski definition) is 11. The van der Waals surface area contributed by atoms with Crippen molar-refractivity contribution in [2.24, 2.45) is 23.5 Å². The van der Waals surface area contributed by atoms with Crippen LogP contribution < -0.4 is 21.7 Å². The molecule has 6 heterocycles. The maximum atomic E-state index is 14.6. The summed E-state index contributed by atoms with van der Waals surface area (Å²) in [5.74, 6) is 2.21. The molecule has 4 saturated heterocycles. The fourth-order valence-electron chi connectivity index (χ4n) is 12.7. The molecule has 5 aliphatic heterocycles. The van der Waals surface area contributed by atoms with Crippen LogP contribution in [0.25, 0.3) is 10.9 Å². The number of hydrogen-bond donors (Lipinski definition) is 6. The lowest BCUT2D eigenvalue weighted by molar-refractivity contribution is -0.145. The monoisotopic (exact) mass is 1050 g/mol. The van der Waals surface area contributed by atoms with Crippen LogP contribution in [0, 0.1) is 29.6 Å². The second-order valence-corrected chi connectivity index (χ2v) is 22.1. The lowest BCUT2D eigenvalue weighted by Gasteiger charge is -2.38. The van der Waals surface area contributed by atoms with Crippen molar-refractivity contribution in [3.05, 3.63) is 70.4 Å². The normalized spacial score (nSPS) is 23.9. The number of aromatic nitrogens is 1. The number of imide groups is 1. The summed E-state index contributed by atoms with van der Waals surface area (Å²) in [4.78, 5) is 141. The van der Waals surface area contributed by atoms with Gasteiger partial charge in [0.1, 0.15) is 23.8 Å². The Bertz CT molecular complexity index is 2910. The third kappa shape index (κ3) is 12.5. The molecule has 77 heavy (non-hydrogen) atoms. The van der Waals surface area contributed by atoms with Gasteiger partial charge in [0.05, 0.1) is 12.1 Å². The first-order chi connectivity index (χ1) is 37.0. The number of piperidine rings is 2. The number of benzene rings is 2. The van der Waals surface area contributed by atoms with Gasteiger partial charge in [0.15, 0.2) is 11.6 Å². The van der Waals surface area contributed by atoms with Crippen molar-refractivity contribution in [3.63, 3.8) is 0 Å². The Balaban J connectivity index is 0.822. The van der Waals surface area contributed by atoms with Gasteiger partial charge in [0, 0.05) is 84.9 Å². The molecule has 1 unspecified atom stereocenters. The van der Waals surface area contributed by atoms with Crippen molar-refractivity contribution in [3.8, 4) is 11.8 Å². The molecule has 19 heteroatoms. The Morgan fingerprint density at radius 3 is 2.42 bits per heavy atom. The van der Waals surface area contributed by atoms with Crippen molar-refractivity contribution in [1.29, 1.82) is 0 Å². The molecule has 0 radical (unpaired) electrons. The number of nitrogens with zero attached hydrogens (tertiary/aromatic N) is 3. The Labute approximate surface area is 447 Å². The van der Waals surface area contributed by atoms with E-state index in [2.05, 4.69) is 32.8 Å². The Hall–Kier alpha value is -7.20. The van der Waals surface area contributed by atoms with Crippen LogP contribution in [0.3, 0.4) is 0 Å². The minimum atomic E-state index is -1.17. The number of aliphatic hydroxyl groups excluding tert-OH is 1. The zero-order chi connectivity index (χ0) is 54.5. The highest BCUT2D eigenvalue weighted by Gasteiger charge is 2.47. The molecule has 7 atom stereocenters. The molecule has 9 rings (SSSR count). The van der Waals surface area contributed by atoms with E-state index in [1.807, 2.05) is 11.0 Å². The minimum absolute atomic E-state index is 0.0401. The average molecular weight is 1060 g/mol. The zero-order valence-electron chi connectivity index (χ0n) is 43.7. The second kappa shape index (κ2) is 24.0. The van der Waals surface area contributed by atoms with E-state index in [1.165, 1.54) is 16.7 Å². The molecule has 0 spiro atoms. The Kier molecular flexibility index (Phi) is 17.0. The van der Waals surface area contributed by atoms with Crippen LogP contribution in [0.1, 0.15) is 171 Å². The third-order valence-corrected chi connectivity index (χ3v) is 17.0. The first kappa shape index (κ1) is 54.6. The fourth-order valence-corrected chi connectivity index (χ4v) is 12.7. The smallest absolute Gasteiger partial charge is 0.268 e. The highest BCUT2D eigenvalue weighted by molar-refractivity contribution is 6.06. The average Bonchev–Trinajstić information content (AvgIpc) is 4.18. The van der Waals surface area contributed by atoms with Crippen molar-refractivity contribution in [2.45, 2.75) is 172 Å². The van der Waals surface area contributed by atoms with Gasteiger partial charge < -0.3 is 41.2 Å². The molecule has 7 N–H and O–H groups in total. The van der Waals surface area contributed by atoms with Gasteiger partial charge in [-0.2, -0.15) is 0 Å². The number of nitrogens with two attached hydrogens (primary N) is 1. The van der Waals surface area contributed by atoms with Crippen LogP contribution >= 0.6 is 0 Å². The first-order valence-electron chi connectivity index (χ1n) is 27.6. The molecule has 1 saturated carbocycles. The van der Waals surface area contributed by atoms with Crippen molar-refractivity contribution >= 4 is 69.7 Å². The number of rotatable bonds is 16. The lowest BCUT2D eigenvalue weighted by atomic mass is 9.76. The van der Waals surface area contributed by atoms with Gasteiger partial charge in [-0.25, -0.2) is 0 Å². The van der Waals surface area contributed by atoms with Gasteiger partial charge in [-0.1, -0.05) is 37.2 Å². The number of nitrogens with one attached hydrogen (secondary N) is 4. The molecular formula is C58H70N8O11. The second-order valence-electron chi connectivity index (χ2n) is 22.1. The molecule has 5 fully saturated rings. The summed E-state index contributed by atoms with van der Waals surface area (Å²) in [6, 6.07) is 7.51. The predicted octanol–water partition coefficient (Wildman–Crippen LogP) is 4.11. The number of aromatic amines is 1. The van der Waals surface area contributed by atoms with Crippen LogP contribution in [-0.4, -0.2) is 133 Å². The van der Waals surface area contributed by atoms with Crippen LogP contribution in [0.4, 0.5) is 0 Å². The van der Waals surface area contributed by atoms with Crippen LogP contribution in [0.2, 0.25) is 0 Å². The standard InChI is InChI=1S/C58H70N8O11/c1-33(67)37-14-17-44-38(28-37)29-47(60-44)53(72)62-46-18-16-40(68)30-39-15-20-49(66(39)58(46)77)55(74)61-45(19-22-51(59)70)50(69)31-42(35-9-3-2-4-10-35)56(75)64-26-24-34(25-27-64)8-5-6-11-36-12-7-13-41-43(36)32-65(57(41)76)48-21-23-52(71)63-54(48)73/h7,12-14,17,28-29,34-35,39-40,42,45-46,48-49,60,68H,2-5,8-10,15-16,18-27,30-32H2,1H3,(H2,59,70)(H,61,74)(H,62,72)(H,63,71,73)/t39-,40-,42+,45+,46+,48?,49+/m1/s1. The Morgan fingerprint density at radius 1 is 0.896 bits per heavy atom. The van der Waals surface area contributed by atoms with E-state index in [1.54, 1.807) is 36.4 Å². The zero-order valence-corrected chi connectivity index (χ0v) is 43.7. The minimum Gasteiger partial charge on any atom is -0.393 e. The van der Waals surface area contributed by atoms with E-state index in [-0.39, 0.29) is 99.4 Å². The number of aliphatic hydroxyl groups is 1. The van der Waals surface area contributed by atoms with Gasteiger partial charge in [-0.15, -0.1) is 0 Å². The van der Waals surface area contributed by atoms with Crippen LogP contribution in [0.15, 0.2) is 42.5 Å². The molecule has 3 aromatic rings. The molecule has 408 valence electrons. The fraction of sp³-hybridized carbons (Fsp3) is 0.552. The number of ketones is 2. The predicted molar refractivity (Wildman–Crippen MR) is 281 cm³/mol. The Morgan fingerprint density at radius 2 is 1.68 bits per heavy atom. The number of H-pyrrole nitrogens is 1. The van der Waals surface area contributed by atoms with Crippen LogP contribution in [0.5, 0.6) is 0 Å². The summed E-state index contributed by atoms with van der Waals surface area (Å²) in [7, 11) is 0. The number of fused-ring (bicyclic) bond motifs is 3. The molecule has 8 amide bonds. The molecule has 1 aliphatic carbocycles. The van der Waals surface area contributed by atoms with E-state index in [4.69, 9.17) is 5.73 Å². The van der Waals surface area contributed by atoms with Gasteiger partial charge in [-0.3, -0.25) is 53.3 Å². The highest BCUT2D eigenvalue weighted by Crippen LogP contribution is 2.37. The van der Waals surface area contributed by atoms with Crippen molar-refractivity contribution < 1.29 is 53.1 Å². The van der Waals surface area contributed by atoms with E-state index in [0.717, 1.165) is 62.5 Å². The van der Waals surface area contributed by atoms with E-state index in [9.17, 15) is 53.1 Å². The molecule has 6 aliphatic rings. The number of amides is 8. The topological polar surface area (TPSA) is 279 Å². The summed E-state index contributed by atoms with van der Waals surface area (Å²) in [6.45, 7) is 2.74. The van der Waals surface area contributed by atoms with E-state index in [0.29, 0.717) is 53.9 Å². The van der Waals surface area contributed by atoms with E-state index < -0.39 is 77.6 Å². The summed E-state index contributed by atoms with van der Waals surface area (Å²) in [5, 5.41) is 19.7. The number of carbonyl (C=O) groups is 10. The third-order valence-electron chi connectivity index (χ3n) is 17.0. The molecule has 19 nitrogen and oxygen atoms in total. The molecule has 2 aromatic carbocycles. The summed E-state index contributed by atoms with van der Waals surface area (Å²) >= 11 is 0. The maximum Gasteiger partial charge on any atom is 0.268 e. The quantitative estimate of drug-likeness (QED) is 0.0675. The van der Waals surface area contributed by atoms with Gasteiger partial charge in [0.2, 0.25) is 35.4 Å². The number of likely N-dealkylation sites (tertiary alicyclic amines) is 1. The largest absolute Gasteiger partial charge is 0.393 e. The lowest BCUT2D eigenvalue weighted by Crippen LogP contribution is -2.58. The summed E-state index contributed by atoms with van der Waals surface area (Å²) < 4.78 is 0. The maximum absolute atomic E-state index is 14.6. The van der Waals surface area contributed by atoms with Gasteiger partial charge >= 0.3 is 0 Å². The van der Waals surface area contributed by atoms with Crippen molar-refractivity contribution in [1.82, 2.24) is 35.6 Å². The highest BCUT2D eigenvalue weighted by atomic mass is 16.3. The van der Waals surface area contributed by atoms with Gasteiger partial charge in [0.25, 0.3) is 11.8 Å². The summed E-state index contributed by atoms with van der Waals surface area (Å²) in [6.07, 6.45) is 7.85. The van der Waals surface area contributed by atoms with Gasteiger partial charge in [-0.05, 0) is 138 Å². The van der Waals surface area contributed by atoms with Crippen molar-refractivity contribution in [2.75, 3.05) is 13.1 Å². The summed E-state index contributed by atoms with van der Waals surface area (Å²) in [5.41, 5.74) is 8.89. The molecular weight excluding hydrogens is 985 g/mol. The molecule has 0 bridgehead atoms. The van der Waals surface area contributed by atoms with E-state index >= 15 is 0 Å².